The van der Waals surface area contributed by atoms with Gasteiger partial charge in [0.25, 0.3) is 0 Å². The molecular formula is C8H13FO2Si. The average Bonchev–Trinajstić information content (AvgIpc) is 2.08. The molecule has 0 atom stereocenters. The van der Waals surface area contributed by atoms with Crippen molar-refractivity contribution >= 4 is 10.0 Å². The van der Waals surface area contributed by atoms with E-state index in [1.54, 1.807) is 32.4 Å². The van der Waals surface area contributed by atoms with Gasteiger partial charge in [-0.15, -0.1) is 0 Å². The van der Waals surface area contributed by atoms with Gasteiger partial charge in [0, 0.05) is 14.2 Å². The second-order valence-electron chi connectivity index (χ2n) is 1.99. The van der Waals surface area contributed by atoms with Crippen molar-refractivity contribution in [2.75, 3.05) is 14.2 Å². The third-order valence-corrected chi connectivity index (χ3v) is 1.44. The molecule has 0 saturated carbocycles. The fraction of sp³-hybridized carbons (Fsp3) is 0.250. The molecule has 1 rings (SSSR count). The zero-order chi connectivity index (χ0) is 9.23. The first-order chi connectivity index (χ1) is 5.81. The van der Waals surface area contributed by atoms with Gasteiger partial charge >= 0.3 is 10.0 Å². The van der Waals surface area contributed by atoms with Crippen LogP contribution >= 0.6 is 0 Å². The maximum Gasteiger partial charge on any atom is 0.303 e. The second-order valence-corrected chi connectivity index (χ2v) is 3.38. The molecule has 0 N–H and O–H groups in total. The van der Waals surface area contributed by atoms with Crippen LogP contribution in [0.5, 0.6) is 0 Å². The van der Waals surface area contributed by atoms with E-state index in [1.807, 2.05) is 0 Å². The lowest BCUT2D eigenvalue weighted by Gasteiger charge is -1.86. The summed E-state index contributed by atoms with van der Waals surface area (Å²) in [6.45, 7) is 0. The van der Waals surface area contributed by atoms with Crippen molar-refractivity contribution in [1.82, 2.24) is 0 Å². The first-order valence-electron chi connectivity index (χ1n) is 3.49. The maximum atomic E-state index is 11.9. The number of rotatable bonds is 2. The summed E-state index contributed by atoms with van der Waals surface area (Å²) in [5, 5.41) is 0. The van der Waals surface area contributed by atoms with Crippen LogP contribution in [0.3, 0.4) is 0 Å². The Kier molecular flexibility index (Phi) is 7.89. The Morgan fingerprint density at radius 2 is 1.58 bits per heavy atom. The van der Waals surface area contributed by atoms with Gasteiger partial charge in [-0.05, 0) is 12.1 Å². The Hall–Kier alpha value is -0.713. The first-order valence-corrected chi connectivity index (χ1v) is 4.65. The van der Waals surface area contributed by atoms with E-state index >= 15 is 0 Å². The summed E-state index contributed by atoms with van der Waals surface area (Å²) in [6.07, 6.45) is 0. The molecule has 0 radical (unpaired) electrons. The van der Waals surface area contributed by atoms with E-state index in [0.29, 0.717) is 0 Å². The zero-order valence-corrected chi connectivity index (χ0v) is 8.70. The Morgan fingerprint density at radius 3 is 1.75 bits per heavy atom. The molecule has 0 bridgehead atoms. The van der Waals surface area contributed by atoms with Crippen molar-refractivity contribution in [3.63, 3.8) is 0 Å². The molecule has 1 aromatic rings. The van der Waals surface area contributed by atoms with Gasteiger partial charge in [-0.3, -0.25) is 0 Å². The van der Waals surface area contributed by atoms with Crippen molar-refractivity contribution in [3.8, 4) is 0 Å². The SMILES string of the molecule is CO[SiH2]OC.Fc1ccccc1. The molecule has 68 valence electrons. The minimum Gasteiger partial charge on any atom is -0.402 e. The standard InChI is InChI=1S/C6H5F.C2H8O2Si/c7-6-4-2-1-3-5-6;1-3-5-4-2/h1-5H;5H2,1-2H3. The minimum absolute atomic E-state index is 0.178. The smallest absolute Gasteiger partial charge is 0.303 e. The molecule has 12 heavy (non-hydrogen) atoms. The third kappa shape index (κ3) is 7.39. The van der Waals surface area contributed by atoms with Crippen LogP contribution < -0.4 is 0 Å². The third-order valence-electron chi connectivity index (χ3n) is 0.969. The van der Waals surface area contributed by atoms with Crippen LogP contribution in [0, 0.1) is 5.82 Å². The Balaban J connectivity index is 0.000000217. The van der Waals surface area contributed by atoms with Crippen LogP contribution in [0.1, 0.15) is 0 Å². The van der Waals surface area contributed by atoms with Crippen LogP contribution in [0.15, 0.2) is 30.3 Å². The summed E-state index contributed by atoms with van der Waals surface area (Å²) < 4.78 is 21.1. The van der Waals surface area contributed by atoms with Crippen LogP contribution in [0.4, 0.5) is 4.39 Å². The van der Waals surface area contributed by atoms with Crippen molar-refractivity contribution in [2.45, 2.75) is 0 Å². The van der Waals surface area contributed by atoms with Crippen LogP contribution in [-0.2, 0) is 8.85 Å². The van der Waals surface area contributed by atoms with Crippen LogP contribution in [0.2, 0.25) is 0 Å². The average molecular weight is 188 g/mol. The fourth-order valence-corrected chi connectivity index (χ4v) is 0.768. The van der Waals surface area contributed by atoms with Crippen LogP contribution in [-0.4, -0.2) is 24.2 Å². The number of hydrogen-bond donors (Lipinski definition) is 0. The van der Waals surface area contributed by atoms with E-state index in [-0.39, 0.29) is 5.82 Å². The van der Waals surface area contributed by atoms with Crippen LogP contribution in [0.25, 0.3) is 0 Å². The van der Waals surface area contributed by atoms with E-state index in [4.69, 9.17) is 0 Å². The summed E-state index contributed by atoms with van der Waals surface area (Å²) in [5.41, 5.74) is 0. The van der Waals surface area contributed by atoms with E-state index < -0.39 is 10.0 Å². The first kappa shape index (κ1) is 11.3. The summed E-state index contributed by atoms with van der Waals surface area (Å²) in [5.74, 6) is -0.178. The van der Waals surface area contributed by atoms with Crippen molar-refractivity contribution in [2.24, 2.45) is 0 Å². The molecule has 0 spiro atoms. The normalized spacial score (nSPS) is 8.58. The predicted molar refractivity (Wildman–Crippen MR) is 49.0 cm³/mol. The zero-order valence-electron chi connectivity index (χ0n) is 7.29. The molecule has 0 aliphatic rings. The highest BCUT2D eigenvalue weighted by Crippen LogP contribution is 1.91. The largest absolute Gasteiger partial charge is 0.402 e. The Morgan fingerprint density at radius 1 is 1.08 bits per heavy atom. The molecule has 0 aromatic heterocycles. The monoisotopic (exact) mass is 188 g/mol. The highest BCUT2D eigenvalue weighted by atomic mass is 28.3. The van der Waals surface area contributed by atoms with E-state index in [1.165, 1.54) is 12.1 Å². The van der Waals surface area contributed by atoms with E-state index in [0.717, 1.165) is 0 Å². The molecule has 0 heterocycles. The topological polar surface area (TPSA) is 18.5 Å². The Labute approximate surface area is 74.4 Å². The van der Waals surface area contributed by atoms with Crippen molar-refractivity contribution < 1.29 is 13.2 Å². The van der Waals surface area contributed by atoms with Gasteiger partial charge in [0.05, 0.1) is 0 Å². The van der Waals surface area contributed by atoms with Gasteiger partial charge < -0.3 is 8.85 Å². The molecule has 0 aliphatic heterocycles. The predicted octanol–water partition coefficient (Wildman–Crippen LogP) is 1.10. The molecule has 4 heteroatoms. The molecule has 0 saturated heterocycles. The maximum absolute atomic E-state index is 11.9. The molecule has 2 nitrogen and oxygen atoms in total. The number of hydrogen-bond acceptors (Lipinski definition) is 2. The molecule has 0 fully saturated rings. The lowest BCUT2D eigenvalue weighted by Crippen LogP contribution is -1.93. The molecule has 0 aliphatic carbocycles. The highest BCUT2D eigenvalue weighted by molar-refractivity contribution is 6.17. The molecule has 0 unspecified atom stereocenters. The van der Waals surface area contributed by atoms with Gasteiger partial charge in [-0.1, -0.05) is 18.2 Å². The van der Waals surface area contributed by atoms with Gasteiger partial charge in [-0.25, -0.2) is 4.39 Å². The van der Waals surface area contributed by atoms with Gasteiger partial charge in [0.1, 0.15) is 5.82 Å². The van der Waals surface area contributed by atoms with Gasteiger partial charge in [0.15, 0.2) is 0 Å². The number of benzene rings is 1. The fourth-order valence-electron chi connectivity index (χ4n) is 0.533. The van der Waals surface area contributed by atoms with E-state index in [9.17, 15) is 4.39 Å². The summed E-state index contributed by atoms with van der Waals surface area (Å²) in [6, 6.07) is 7.94. The van der Waals surface area contributed by atoms with Gasteiger partial charge in [-0.2, -0.15) is 0 Å². The Bertz CT molecular complexity index is 180. The molecule has 0 amide bonds. The van der Waals surface area contributed by atoms with Crippen molar-refractivity contribution in [1.29, 1.82) is 0 Å². The lowest BCUT2D eigenvalue weighted by atomic mass is 10.4. The van der Waals surface area contributed by atoms with Gasteiger partial charge in [0.2, 0.25) is 0 Å². The second kappa shape index (κ2) is 8.38. The quantitative estimate of drug-likeness (QED) is 0.647. The van der Waals surface area contributed by atoms with E-state index in [2.05, 4.69) is 8.85 Å². The summed E-state index contributed by atoms with van der Waals surface area (Å²) >= 11 is 0. The molecule has 1 aromatic carbocycles. The van der Waals surface area contributed by atoms with Crippen molar-refractivity contribution in [3.05, 3.63) is 36.1 Å². The summed E-state index contributed by atoms with van der Waals surface area (Å²) in [4.78, 5) is 0. The summed E-state index contributed by atoms with van der Waals surface area (Å²) in [7, 11) is 2.73. The lowest BCUT2D eigenvalue weighted by molar-refractivity contribution is 0.309. The highest BCUT2D eigenvalue weighted by Gasteiger charge is 1.77. The minimum atomic E-state index is -0.568. The number of halogens is 1. The molecular weight excluding hydrogens is 175 g/mol.